The normalized spacial score (nSPS) is 22.9. The van der Waals surface area contributed by atoms with Crippen LogP contribution >= 0.6 is 0 Å². The number of aliphatic hydroxyl groups is 1. The van der Waals surface area contributed by atoms with Gasteiger partial charge in [-0.25, -0.2) is 0 Å². The molecule has 0 aromatic heterocycles. The molecule has 0 saturated carbocycles. The number of aliphatic hydroxyl groups excluding tert-OH is 1. The number of aryl methyl sites for hydroxylation is 1. The number of β-amino-alcohol motifs (C(OH)–C–C–N with tert-alkyl or cyclic N) is 1. The Morgan fingerprint density at radius 1 is 1.39 bits per heavy atom. The summed E-state index contributed by atoms with van der Waals surface area (Å²) in [6.07, 6.45) is 3.55. The lowest BCUT2D eigenvalue weighted by Gasteiger charge is -2.33. The smallest absolute Gasteiger partial charge is 0.0919 e. The third-order valence-electron chi connectivity index (χ3n) is 4.16. The topological polar surface area (TPSA) is 23.5 Å². The van der Waals surface area contributed by atoms with Crippen molar-refractivity contribution in [3.05, 3.63) is 35.4 Å². The first kappa shape index (κ1) is 13.6. The zero-order valence-corrected chi connectivity index (χ0v) is 11.6. The molecule has 100 valence electrons. The maximum absolute atomic E-state index is 10.4. The molecule has 2 unspecified atom stereocenters. The van der Waals surface area contributed by atoms with Crippen molar-refractivity contribution >= 4 is 0 Å². The van der Waals surface area contributed by atoms with Crippen LogP contribution in [0.15, 0.2) is 24.3 Å². The fraction of sp³-hybridized carbons (Fsp3) is 0.625. The molecule has 0 aliphatic carbocycles. The minimum Gasteiger partial charge on any atom is -0.387 e. The second-order valence-electron chi connectivity index (χ2n) is 5.55. The lowest BCUT2D eigenvalue weighted by atomic mass is 9.95. The van der Waals surface area contributed by atoms with Crippen LogP contribution in [0.4, 0.5) is 0 Å². The van der Waals surface area contributed by atoms with Crippen molar-refractivity contribution in [1.29, 1.82) is 0 Å². The van der Waals surface area contributed by atoms with Gasteiger partial charge in [0.05, 0.1) is 6.10 Å². The van der Waals surface area contributed by atoms with Crippen LogP contribution in [-0.2, 0) is 0 Å². The van der Waals surface area contributed by atoms with Crippen LogP contribution in [-0.4, -0.2) is 29.6 Å². The lowest BCUT2D eigenvalue weighted by molar-refractivity contribution is 0.0833. The highest BCUT2D eigenvalue weighted by molar-refractivity contribution is 5.27. The fourth-order valence-electron chi connectivity index (χ4n) is 2.95. The second-order valence-corrected chi connectivity index (χ2v) is 5.55. The molecule has 0 bridgehead atoms. The van der Waals surface area contributed by atoms with Gasteiger partial charge in [-0.05, 0) is 43.4 Å². The Bertz CT molecular complexity index is 377. The number of rotatable bonds is 4. The summed E-state index contributed by atoms with van der Waals surface area (Å²) >= 11 is 0. The first-order chi connectivity index (χ1) is 8.70. The highest BCUT2D eigenvalue weighted by Crippen LogP contribution is 2.23. The molecular formula is C16H25NO. The van der Waals surface area contributed by atoms with Crippen molar-refractivity contribution in [2.75, 3.05) is 19.6 Å². The van der Waals surface area contributed by atoms with Gasteiger partial charge >= 0.3 is 0 Å². The Balaban J connectivity index is 1.95. The van der Waals surface area contributed by atoms with Gasteiger partial charge < -0.3 is 10.0 Å². The van der Waals surface area contributed by atoms with Crippen LogP contribution in [0, 0.1) is 12.8 Å². The molecule has 2 heteroatoms. The van der Waals surface area contributed by atoms with Crippen LogP contribution < -0.4 is 0 Å². The van der Waals surface area contributed by atoms with Crippen LogP contribution in [0.5, 0.6) is 0 Å². The Hall–Kier alpha value is -0.860. The minimum atomic E-state index is -0.346. The molecule has 2 nitrogen and oxygen atoms in total. The Morgan fingerprint density at radius 3 is 2.89 bits per heavy atom. The number of nitrogens with zero attached hydrogens (tertiary/aromatic N) is 1. The molecule has 1 heterocycles. The highest BCUT2D eigenvalue weighted by atomic mass is 16.3. The van der Waals surface area contributed by atoms with Crippen LogP contribution in [0.25, 0.3) is 0 Å². The molecule has 1 aliphatic heterocycles. The number of benzene rings is 1. The monoisotopic (exact) mass is 247 g/mol. The SMILES string of the molecule is CCC1CCCN(CC(O)c2ccccc2C)C1. The molecule has 1 aliphatic rings. The van der Waals surface area contributed by atoms with E-state index in [1.54, 1.807) is 0 Å². The molecule has 1 saturated heterocycles. The summed E-state index contributed by atoms with van der Waals surface area (Å²) in [5.74, 6) is 0.822. The van der Waals surface area contributed by atoms with Crippen LogP contribution in [0.1, 0.15) is 43.4 Å². The van der Waals surface area contributed by atoms with E-state index < -0.39 is 0 Å². The molecule has 18 heavy (non-hydrogen) atoms. The number of hydrogen-bond donors (Lipinski definition) is 1. The molecule has 0 amide bonds. The summed E-state index contributed by atoms with van der Waals surface area (Å²) in [5, 5.41) is 10.4. The quantitative estimate of drug-likeness (QED) is 0.883. The molecule has 2 atom stereocenters. The summed E-state index contributed by atoms with van der Waals surface area (Å²) in [4.78, 5) is 2.43. The molecule has 1 fully saturated rings. The van der Waals surface area contributed by atoms with E-state index in [0.717, 1.165) is 31.1 Å². The van der Waals surface area contributed by atoms with Crippen molar-refractivity contribution in [3.63, 3.8) is 0 Å². The first-order valence-corrected chi connectivity index (χ1v) is 7.16. The van der Waals surface area contributed by atoms with Gasteiger partial charge in [0.25, 0.3) is 0 Å². The zero-order chi connectivity index (χ0) is 13.0. The van der Waals surface area contributed by atoms with E-state index in [9.17, 15) is 5.11 Å². The molecule has 1 aromatic carbocycles. The van der Waals surface area contributed by atoms with Crippen molar-refractivity contribution in [2.24, 2.45) is 5.92 Å². The number of hydrogen-bond acceptors (Lipinski definition) is 2. The van der Waals surface area contributed by atoms with E-state index in [1.807, 2.05) is 18.2 Å². The summed E-state index contributed by atoms with van der Waals surface area (Å²) in [6, 6.07) is 8.15. The third kappa shape index (κ3) is 3.33. The van der Waals surface area contributed by atoms with Crippen molar-refractivity contribution in [2.45, 2.75) is 39.2 Å². The number of piperidine rings is 1. The van der Waals surface area contributed by atoms with E-state index in [1.165, 1.54) is 24.8 Å². The van der Waals surface area contributed by atoms with Crippen molar-refractivity contribution in [1.82, 2.24) is 4.90 Å². The first-order valence-electron chi connectivity index (χ1n) is 7.16. The average molecular weight is 247 g/mol. The van der Waals surface area contributed by atoms with Gasteiger partial charge in [0.1, 0.15) is 0 Å². The van der Waals surface area contributed by atoms with Gasteiger partial charge in [0.15, 0.2) is 0 Å². The predicted octanol–water partition coefficient (Wildman–Crippen LogP) is 3.15. The molecule has 2 rings (SSSR count). The summed E-state index contributed by atoms with van der Waals surface area (Å²) < 4.78 is 0. The molecular weight excluding hydrogens is 222 g/mol. The largest absolute Gasteiger partial charge is 0.387 e. The predicted molar refractivity (Wildman–Crippen MR) is 75.6 cm³/mol. The standard InChI is InChI=1S/C16H25NO/c1-3-14-8-6-10-17(11-14)12-16(18)15-9-5-4-7-13(15)2/h4-5,7,9,14,16,18H,3,6,8,10-12H2,1-2H3. The summed E-state index contributed by atoms with van der Waals surface area (Å²) in [7, 11) is 0. The van der Waals surface area contributed by atoms with Gasteiger partial charge in [-0.15, -0.1) is 0 Å². The van der Waals surface area contributed by atoms with E-state index in [-0.39, 0.29) is 6.10 Å². The zero-order valence-electron chi connectivity index (χ0n) is 11.6. The maximum atomic E-state index is 10.4. The third-order valence-corrected chi connectivity index (χ3v) is 4.16. The van der Waals surface area contributed by atoms with Gasteiger partial charge in [-0.2, -0.15) is 0 Å². The summed E-state index contributed by atoms with van der Waals surface area (Å²) in [6.45, 7) is 7.41. The Morgan fingerprint density at radius 2 is 2.17 bits per heavy atom. The Kier molecular flexibility index (Phi) is 4.79. The van der Waals surface area contributed by atoms with Gasteiger partial charge in [0.2, 0.25) is 0 Å². The minimum absolute atomic E-state index is 0.346. The highest BCUT2D eigenvalue weighted by Gasteiger charge is 2.21. The Labute approximate surface area is 111 Å². The van der Waals surface area contributed by atoms with Gasteiger partial charge in [0, 0.05) is 13.1 Å². The van der Waals surface area contributed by atoms with Crippen LogP contribution in [0.2, 0.25) is 0 Å². The lowest BCUT2D eigenvalue weighted by Crippen LogP contribution is -2.38. The van der Waals surface area contributed by atoms with Gasteiger partial charge in [-0.1, -0.05) is 37.6 Å². The second kappa shape index (κ2) is 6.35. The maximum Gasteiger partial charge on any atom is 0.0919 e. The van der Waals surface area contributed by atoms with Crippen molar-refractivity contribution in [3.8, 4) is 0 Å². The van der Waals surface area contributed by atoms with Crippen LogP contribution in [0.3, 0.4) is 0 Å². The van der Waals surface area contributed by atoms with Gasteiger partial charge in [-0.3, -0.25) is 0 Å². The van der Waals surface area contributed by atoms with Crippen molar-refractivity contribution < 1.29 is 5.11 Å². The molecule has 0 radical (unpaired) electrons. The van der Waals surface area contributed by atoms with E-state index in [4.69, 9.17) is 0 Å². The molecule has 1 aromatic rings. The van der Waals surface area contributed by atoms with E-state index >= 15 is 0 Å². The average Bonchev–Trinajstić information content (AvgIpc) is 2.39. The number of likely N-dealkylation sites (tertiary alicyclic amines) is 1. The summed E-state index contributed by atoms with van der Waals surface area (Å²) in [5.41, 5.74) is 2.27. The fourth-order valence-corrected chi connectivity index (χ4v) is 2.95. The molecule has 1 N–H and O–H groups in total. The van der Waals surface area contributed by atoms with E-state index in [2.05, 4.69) is 24.8 Å². The molecule has 0 spiro atoms. The van der Waals surface area contributed by atoms with E-state index in [0.29, 0.717) is 0 Å².